The number of carbonyl (C=O) groups is 1. The lowest BCUT2D eigenvalue weighted by molar-refractivity contribution is 0.0700. The summed E-state index contributed by atoms with van der Waals surface area (Å²) in [6, 6.07) is 13.2. The molecule has 2 aliphatic rings. The Morgan fingerprint density at radius 2 is 1.90 bits per heavy atom. The van der Waals surface area contributed by atoms with Crippen LogP contribution >= 0.6 is 0 Å². The molecule has 1 fully saturated rings. The van der Waals surface area contributed by atoms with Gasteiger partial charge >= 0.3 is 0 Å². The van der Waals surface area contributed by atoms with Gasteiger partial charge in [-0.3, -0.25) is 14.8 Å². The summed E-state index contributed by atoms with van der Waals surface area (Å²) < 4.78 is 0. The van der Waals surface area contributed by atoms with Crippen molar-refractivity contribution in [3.63, 3.8) is 0 Å². The summed E-state index contributed by atoms with van der Waals surface area (Å²) in [6.07, 6.45) is 7.57. The maximum absolute atomic E-state index is 13.3. The van der Waals surface area contributed by atoms with Gasteiger partial charge < -0.3 is 15.3 Å². The van der Waals surface area contributed by atoms with Crippen molar-refractivity contribution in [3.8, 4) is 11.8 Å². The molecule has 0 spiro atoms. The molecule has 3 aromatic rings. The molecule has 6 nitrogen and oxygen atoms in total. The number of likely N-dealkylation sites (tertiary alicyclic amines) is 1. The van der Waals surface area contributed by atoms with Crippen molar-refractivity contribution in [2.45, 2.75) is 18.5 Å². The number of nitrogens with zero attached hydrogens (tertiary/aromatic N) is 3. The van der Waals surface area contributed by atoms with E-state index in [0.717, 1.165) is 28.8 Å². The normalized spacial score (nSPS) is 21.3. The minimum absolute atomic E-state index is 0.0259. The lowest BCUT2D eigenvalue weighted by atomic mass is 9.82. The van der Waals surface area contributed by atoms with Gasteiger partial charge in [0.05, 0.1) is 24.3 Å². The van der Waals surface area contributed by atoms with Crippen LogP contribution < -0.4 is 5.32 Å². The molecular formula is C25H22N4O2. The second-order valence-corrected chi connectivity index (χ2v) is 7.86. The van der Waals surface area contributed by atoms with Gasteiger partial charge in [0.2, 0.25) is 0 Å². The van der Waals surface area contributed by atoms with Crippen molar-refractivity contribution in [2.75, 3.05) is 18.5 Å². The Labute approximate surface area is 181 Å². The Bertz CT molecular complexity index is 1150. The van der Waals surface area contributed by atoms with Crippen LogP contribution in [0.3, 0.4) is 0 Å². The molecule has 31 heavy (non-hydrogen) atoms. The quantitative estimate of drug-likeness (QED) is 0.636. The average Bonchev–Trinajstić information content (AvgIpc) is 3.28. The molecule has 2 aliphatic heterocycles. The summed E-state index contributed by atoms with van der Waals surface area (Å²) in [7, 11) is 0. The molecule has 6 heteroatoms. The predicted octanol–water partition coefficient (Wildman–Crippen LogP) is 2.87. The highest BCUT2D eigenvalue weighted by Gasteiger charge is 2.45. The van der Waals surface area contributed by atoms with Crippen LogP contribution in [0.25, 0.3) is 0 Å². The van der Waals surface area contributed by atoms with Gasteiger partial charge in [0.25, 0.3) is 5.91 Å². The third-order valence-electron chi connectivity index (χ3n) is 6.05. The number of fused-ring (bicyclic) bond motifs is 3. The molecule has 0 bridgehead atoms. The number of carbonyl (C=O) groups excluding carboxylic acids is 1. The van der Waals surface area contributed by atoms with E-state index in [1.807, 2.05) is 29.2 Å². The molecule has 1 saturated heterocycles. The highest BCUT2D eigenvalue weighted by Crippen LogP contribution is 2.47. The fourth-order valence-electron chi connectivity index (χ4n) is 4.60. The number of aromatic nitrogens is 2. The first-order valence-corrected chi connectivity index (χ1v) is 10.4. The van der Waals surface area contributed by atoms with Crippen molar-refractivity contribution >= 4 is 11.6 Å². The maximum Gasteiger partial charge on any atom is 0.255 e. The number of benzene rings is 1. The first-order chi connectivity index (χ1) is 15.2. The Hall–Kier alpha value is -3.69. The third kappa shape index (κ3) is 3.65. The summed E-state index contributed by atoms with van der Waals surface area (Å²) in [5.74, 6) is 6.46. The van der Waals surface area contributed by atoms with E-state index in [4.69, 9.17) is 0 Å². The smallest absolute Gasteiger partial charge is 0.255 e. The van der Waals surface area contributed by atoms with Crippen molar-refractivity contribution in [1.82, 2.24) is 14.9 Å². The molecule has 2 N–H and O–H groups in total. The molecule has 0 aliphatic carbocycles. The molecule has 2 aromatic heterocycles. The minimum Gasteiger partial charge on any atom is -0.394 e. The van der Waals surface area contributed by atoms with E-state index in [1.54, 1.807) is 36.9 Å². The average molecular weight is 410 g/mol. The summed E-state index contributed by atoms with van der Waals surface area (Å²) in [6.45, 7) is 0.671. The Morgan fingerprint density at radius 3 is 2.65 bits per heavy atom. The molecular weight excluding hydrogens is 388 g/mol. The van der Waals surface area contributed by atoms with Crippen molar-refractivity contribution in [3.05, 3.63) is 89.5 Å². The van der Waals surface area contributed by atoms with Gasteiger partial charge in [-0.1, -0.05) is 11.8 Å². The number of aliphatic hydroxyl groups is 1. The Kier molecular flexibility index (Phi) is 5.11. The molecule has 1 aromatic carbocycles. The second-order valence-electron chi connectivity index (χ2n) is 7.86. The van der Waals surface area contributed by atoms with E-state index in [1.165, 1.54) is 0 Å². The monoisotopic (exact) mass is 410 g/mol. The van der Waals surface area contributed by atoms with Crippen LogP contribution in [0.5, 0.6) is 0 Å². The Balaban J connectivity index is 1.52. The number of anilines is 1. The van der Waals surface area contributed by atoms with Gasteiger partial charge in [0, 0.05) is 54.1 Å². The van der Waals surface area contributed by atoms with Crippen LogP contribution in [0, 0.1) is 17.8 Å². The standard InChI is InChI=1S/C25H22N4O2/c30-16-23-20-9-12-29(25(31)19-4-2-11-27-15-19)24(20)21-13-17(7-8-22(21)28-23)5-6-18-3-1-10-26-14-18/h1-4,7-8,10-11,13-15,20,23-24,28,30H,9,12,16H2/t20-,23-,24-/m1/s1. The lowest BCUT2D eigenvalue weighted by Gasteiger charge is -2.39. The maximum atomic E-state index is 13.3. The van der Waals surface area contributed by atoms with E-state index in [-0.39, 0.29) is 30.5 Å². The number of nitrogens with one attached hydrogen (secondary N) is 1. The predicted molar refractivity (Wildman–Crippen MR) is 117 cm³/mol. The van der Waals surface area contributed by atoms with Crippen molar-refractivity contribution in [2.24, 2.45) is 5.92 Å². The van der Waals surface area contributed by atoms with Crippen LogP contribution in [0.1, 0.15) is 39.5 Å². The van der Waals surface area contributed by atoms with E-state index in [0.29, 0.717) is 12.1 Å². The van der Waals surface area contributed by atoms with Crippen LogP contribution in [0.4, 0.5) is 5.69 Å². The first-order valence-electron chi connectivity index (χ1n) is 10.4. The molecule has 5 rings (SSSR count). The van der Waals surface area contributed by atoms with E-state index in [2.05, 4.69) is 33.2 Å². The van der Waals surface area contributed by atoms with Crippen molar-refractivity contribution < 1.29 is 9.90 Å². The SMILES string of the molecule is O=C(c1cccnc1)N1CC[C@@H]2[C@@H](CO)Nc3ccc(C#Cc4cccnc4)cc3[C@@H]21. The summed E-state index contributed by atoms with van der Waals surface area (Å²) >= 11 is 0. The highest BCUT2D eigenvalue weighted by molar-refractivity contribution is 5.94. The van der Waals surface area contributed by atoms with Crippen LogP contribution in [0.2, 0.25) is 0 Å². The summed E-state index contributed by atoms with van der Waals surface area (Å²) in [4.78, 5) is 23.4. The Morgan fingerprint density at radius 1 is 1.10 bits per heavy atom. The topological polar surface area (TPSA) is 78.4 Å². The molecule has 4 heterocycles. The first kappa shape index (κ1) is 19.3. The largest absolute Gasteiger partial charge is 0.394 e. The molecule has 0 radical (unpaired) electrons. The number of amides is 1. The van der Waals surface area contributed by atoms with Gasteiger partial charge in [0.1, 0.15) is 0 Å². The van der Waals surface area contributed by atoms with E-state index < -0.39 is 0 Å². The number of aliphatic hydroxyl groups excluding tert-OH is 1. The van der Waals surface area contributed by atoms with E-state index in [9.17, 15) is 9.90 Å². The van der Waals surface area contributed by atoms with Crippen LogP contribution in [0.15, 0.2) is 67.3 Å². The van der Waals surface area contributed by atoms with Crippen LogP contribution in [-0.2, 0) is 0 Å². The zero-order valence-electron chi connectivity index (χ0n) is 16.9. The number of rotatable bonds is 2. The third-order valence-corrected chi connectivity index (χ3v) is 6.05. The zero-order valence-corrected chi connectivity index (χ0v) is 16.9. The van der Waals surface area contributed by atoms with Gasteiger partial charge in [-0.15, -0.1) is 0 Å². The number of hydrogen-bond acceptors (Lipinski definition) is 5. The molecule has 0 unspecified atom stereocenters. The van der Waals surface area contributed by atoms with Gasteiger partial charge in [0.15, 0.2) is 0 Å². The number of hydrogen-bond donors (Lipinski definition) is 2. The van der Waals surface area contributed by atoms with E-state index >= 15 is 0 Å². The molecule has 0 saturated carbocycles. The molecule has 1 amide bonds. The van der Waals surface area contributed by atoms with Gasteiger partial charge in [-0.25, -0.2) is 0 Å². The number of pyridine rings is 2. The molecule has 3 atom stereocenters. The summed E-state index contributed by atoms with van der Waals surface area (Å²) in [5, 5.41) is 13.4. The van der Waals surface area contributed by atoms with Gasteiger partial charge in [-0.2, -0.15) is 0 Å². The lowest BCUT2D eigenvalue weighted by Crippen LogP contribution is -2.42. The minimum atomic E-state index is -0.110. The van der Waals surface area contributed by atoms with Crippen LogP contribution in [-0.4, -0.2) is 45.1 Å². The highest BCUT2D eigenvalue weighted by atomic mass is 16.3. The zero-order chi connectivity index (χ0) is 21.2. The molecule has 154 valence electrons. The van der Waals surface area contributed by atoms with Gasteiger partial charge in [-0.05, 0) is 54.4 Å². The summed E-state index contributed by atoms with van der Waals surface area (Å²) in [5.41, 5.74) is 4.30. The van der Waals surface area contributed by atoms with Crippen molar-refractivity contribution in [1.29, 1.82) is 0 Å². The second kappa shape index (κ2) is 8.21. The fourth-order valence-corrected chi connectivity index (χ4v) is 4.60. The fraction of sp³-hybridized carbons (Fsp3) is 0.240.